The number of nitrogens with zero attached hydrogens (tertiary/aromatic N) is 1. The normalized spacial score (nSPS) is 10.7. The highest BCUT2D eigenvalue weighted by molar-refractivity contribution is 6.31. The lowest BCUT2D eigenvalue weighted by molar-refractivity contribution is -0.126. The lowest BCUT2D eigenvalue weighted by Gasteiger charge is -2.13. The summed E-state index contributed by atoms with van der Waals surface area (Å²) in [5.74, 6) is 0.190. The van der Waals surface area contributed by atoms with Crippen LogP contribution in [0.3, 0.4) is 0 Å². The third-order valence-corrected chi connectivity index (χ3v) is 5.37. The molecule has 2 N–H and O–H groups in total. The number of para-hydroxylation sites is 1. The first-order valence-corrected chi connectivity index (χ1v) is 11.7. The average molecular weight is 494 g/mol. The molecule has 0 bridgehead atoms. The van der Waals surface area contributed by atoms with Crippen molar-refractivity contribution in [3.63, 3.8) is 0 Å². The second-order valence-electron chi connectivity index (χ2n) is 7.55. The van der Waals surface area contributed by atoms with Gasteiger partial charge in [-0.3, -0.25) is 9.59 Å². The lowest BCUT2D eigenvalue weighted by atomic mass is 10.1. The molecule has 0 aliphatic carbocycles. The number of halogens is 1. The van der Waals surface area contributed by atoms with E-state index in [2.05, 4.69) is 15.8 Å². The Balaban J connectivity index is 1.55. The standard InChI is InChI=1S/C27H28ClN3O4/c1-3-20-9-6-8-12-23(20)30-26(32)16-27(33)31-29-17-19-13-14-24(25(15-19)34-4-2)35-18-21-10-5-7-11-22(21)28/h5-15,17H,3-4,16,18H2,1-2H3,(H,30,32)(H,31,33). The van der Waals surface area contributed by atoms with Crippen molar-refractivity contribution in [2.45, 2.75) is 33.3 Å². The van der Waals surface area contributed by atoms with Crippen LogP contribution >= 0.6 is 11.6 Å². The van der Waals surface area contributed by atoms with Crippen LogP contribution in [0.4, 0.5) is 5.69 Å². The molecule has 35 heavy (non-hydrogen) atoms. The number of amides is 2. The molecule has 3 rings (SSSR count). The van der Waals surface area contributed by atoms with Crippen LogP contribution in [-0.2, 0) is 22.6 Å². The number of hydrogen-bond donors (Lipinski definition) is 2. The summed E-state index contributed by atoms with van der Waals surface area (Å²) in [5.41, 5.74) is 5.65. The quantitative estimate of drug-likeness (QED) is 0.214. The molecule has 0 unspecified atom stereocenters. The summed E-state index contributed by atoms with van der Waals surface area (Å²) in [5, 5.41) is 7.35. The van der Waals surface area contributed by atoms with E-state index in [4.69, 9.17) is 21.1 Å². The fourth-order valence-corrected chi connectivity index (χ4v) is 3.46. The molecule has 0 aliphatic heterocycles. The number of benzene rings is 3. The van der Waals surface area contributed by atoms with Gasteiger partial charge in [-0.15, -0.1) is 0 Å². The number of hydrogen-bond acceptors (Lipinski definition) is 5. The Morgan fingerprint density at radius 3 is 2.40 bits per heavy atom. The van der Waals surface area contributed by atoms with Crippen molar-refractivity contribution in [3.05, 3.63) is 88.4 Å². The van der Waals surface area contributed by atoms with E-state index in [1.54, 1.807) is 18.2 Å². The maximum Gasteiger partial charge on any atom is 0.249 e. The summed E-state index contributed by atoms with van der Waals surface area (Å²) >= 11 is 6.20. The highest BCUT2D eigenvalue weighted by Crippen LogP contribution is 2.29. The van der Waals surface area contributed by atoms with Gasteiger partial charge in [0.05, 0.1) is 12.8 Å². The third-order valence-electron chi connectivity index (χ3n) is 5.00. The molecule has 0 atom stereocenters. The number of anilines is 1. The summed E-state index contributed by atoms with van der Waals surface area (Å²) in [7, 11) is 0. The van der Waals surface area contributed by atoms with Crippen LogP contribution in [0.15, 0.2) is 71.8 Å². The zero-order valence-corrected chi connectivity index (χ0v) is 20.5. The van der Waals surface area contributed by atoms with E-state index in [1.807, 2.05) is 62.4 Å². The zero-order valence-electron chi connectivity index (χ0n) is 19.7. The van der Waals surface area contributed by atoms with Gasteiger partial charge in [-0.1, -0.05) is 54.9 Å². The van der Waals surface area contributed by atoms with Crippen molar-refractivity contribution in [1.29, 1.82) is 0 Å². The van der Waals surface area contributed by atoms with Crippen molar-refractivity contribution in [3.8, 4) is 11.5 Å². The Kier molecular flexibility index (Phi) is 9.69. The molecule has 0 saturated carbocycles. The van der Waals surface area contributed by atoms with Crippen LogP contribution in [0.1, 0.15) is 37.0 Å². The van der Waals surface area contributed by atoms with Gasteiger partial charge in [-0.05, 0) is 54.8 Å². The summed E-state index contributed by atoms with van der Waals surface area (Å²) in [6.45, 7) is 4.63. The molecule has 8 heteroatoms. The zero-order chi connectivity index (χ0) is 25.0. The van der Waals surface area contributed by atoms with Gasteiger partial charge < -0.3 is 14.8 Å². The van der Waals surface area contributed by atoms with E-state index in [9.17, 15) is 9.59 Å². The molecule has 0 aliphatic rings. The van der Waals surface area contributed by atoms with Crippen molar-refractivity contribution in [1.82, 2.24) is 5.43 Å². The van der Waals surface area contributed by atoms with Crippen LogP contribution in [0.5, 0.6) is 11.5 Å². The highest BCUT2D eigenvalue weighted by atomic mass is 35.5. The van der Waals surface area contributed by atoms with E-state index in [0.717, 1.165) is 17.5 Å². The minimum absolute atomic E-state index is 0.300. The molecule has 182 valence electrons. The number of carbonyl (C=O) groups excluding carboxylic acids is 2. The second kappa shape index (κ2) is 13.2. The fraction of sp³-hybridized carbons (Fsp3) is 0.222. The van der Waals surface area contributed by atoms with Crippen LogP contribution in [-0.4, -0.2) is 24.6 Å². The molecule has 0 aromatic heterocycles. The summed E-state index contributed by atoms with van der Waals surface area (Å²) in [6, 6.07) is 20.3. The van der Waals surface area contributed by atoms with Crippen LogP contribution in [0.25, 0.3) is 0 Å². The number of carbonyl (C=O) groups is 2. The van der Waals surface area contributed by atoms with E-state index >= 15 is 0 Å². The van der Waals surface area contributed by atoms with Crippen LogP contribution in [0, 0.1) is 0 Å². The van der Waals surface area contributed by atoms with Crippen molar-refractivity contribution < 1.29 is 19.1 Å². The molecule has 2 amide bonds. The first-order valence-electron chi connectivity index (χ1n) is 11.3. The summed E-state index contributed by atoms with van der Waals surface area (Å²) in [6.07, 6.45) is 1.91. The maximum absolute atomic E-state index is 12.2. The molecule has 3 aromatic rings. The highest BCUT2D eigenvalue weighted by Gasteiger charge is 2.11. The predicted octanol–water partition coefficient (Wildman–Crippen LogP) is 5.36. The first-order chi connectivity index (χ1) is 17.0. The summed E-state index contributed by atoms with van der Waals surface area (Å²) in [4.78, 5) is 24.3. The Bertz CT molecular complexity index is 1200. The Morgan fingerprint density at radius 1 is 0.914 bits per heavy atom. The third kappa shape index (κ3) is 7.86. The molecule has 0 spiro atoms. The van der Waals surface area contributed by atoms with E-state index < -0.39 is 11.8 Å². The topological polar surface area (TPSA) is 89.0 Å². The van der Waals surface area contributed by atoms with Crippen molar-refractivity contribution in [2.75, 3.05) is 11.9 Å². The van der Waals surface area contributed by atoms with E-state index in [-0.39, 0.29) is 6.42 Å². The van der Waals surface area contributed by atoms with Crippen LogP contribution < -0.4 is 20.2 Å². The summed E-state index contributed by atoms with van der Waals surface area (Å²) < 4.78 is 11.6. The average Bonchev–Trinajstić information content (AvgIpc) is 2.85. The van der Waals surface area contributed by atoms with Gasteiger partial charge in [0.25, 0.3) is 0 Å². The predicted molar refractivity (Wildman–Crippen MR) is 138 cm³/mol. The monoisotopic (exact) mass is 493 g/mol. The van der Waals surface area contributed by atoms with Gasteiger partial charge in [0, 0.05) is 16.3 Å². The number of ether oxygens (including phenoxy) is 2. The smallest absolute Gasteiger partial charge is 0.249 e. The minimum atomic E-state index is -0.516. The maximum atomic E-state index is 12.2. The molecular weight excluding hydrogens is 466 g/mol. The van der Waals surface area contributed by atoms with Crippen molar-refractivity contribution >= 4 is 35.3 Å². The SMILES string of the molecule is CCOc1cc(C=NNC(=O)CC(=O)Nc2ccccc2CC)ccc1OCc1ccccc1Cl. The van der Waals surface area contributed by atoms with Gasteiger partial charge in [0.15, 0.2) is 11.5 Å². The molecule has 0 saturated heterocycles. The lowest BCUT2D eigenvalue weighted by Crippen LogP contribution is -2.25. The van der Waals surface area contributed by atoms with E-state index in [0.29, 0.717) is 41.0 Å². The Labute approximate surface area is 210 Å². The number of nitrogens with one attached hydrogen (secondary N) is 2. The fourth-order valence-electron chi connectivity index (χ4n) is 3.27. The molecule has 0 fully saturated rings. The number of aryl methyl sites for hydroxylation is 1. The van der Waals surface area contributed by atoms with E-state index in [1.165, 1.54) is 6.21 Å². The Hall–Kier alpha value is -3.84. The van der Waals surface area contributed by atoms with Crippen LogP contribution in [0.2, 0.25) is 5.02 Å². The van der Waals surface area contributed by atoms with Gasteiger partial charge in [0.1, 0.15) is 13.0 Å². The van der Waals surface area contributed by atoms with Gasteiger partial charge in [-0.25, -0.2) is 5.43 Å². The number of hydrazone groups is 1. The molecule has 7 nitrogen and oxygen atoms in total. The molecular formula is C27H28ClN3O4. The van der Waals surface area contributed by atoms with Gasteiger partial charge >= 0.3 is 0 Å². The molecule has 0 heterocycles. The molecule has 3 aromatic carbocycles. The van der Waals surface area contributed by atoms with Gasteiger partial charge in [0.2, 0.25) is 11.8 Å². The second-order valence-corrected chi connectivity index (χ2v) is 7.96. The van der Waals surface area contributed by atoms with Gasteiger partial charge in [-0.2, -0.15) is 5.10 Å². The molecule has 0 radical (unpaired) electrons. The minimum Gasteiger partial charge on any atom is -0.490 e. The largest absolute Gasteiger partial charge is 0.490 e. The Morgan fingerprint density at radius 2 is 1.66 bits per heavy atom. The van der Waals surface area contributed by atoms with Crippen molar-refractivity contribution in [2.24, 2.45) is 5.10 Å². The first kappa shape index (κ1) is 25.8. The number of rotatable bonds is 11.